The highest BCUT2D eigenvalue weighted by Crippen LogP contribution is 2.07. The zero-order chi connectivity index (χ0) is 15.7. The Morgan fingerprint density at radius 2 is 2.05 bits per heavy atom. The average Bonchev–Trinajstić information content (AvgIpc) is 2.50. The molecule has 0 fully saturated rings. The van der Waals surface area contributed by atoms with Crippen molar-refractivity contribution >= 4 is 11.9 Å². The van der Waals surface area contributed by atoms with Crippen LogP contribution in [-0.2, 0) is 9.53 Å². The van der Waals surface area contributed by atoms with Gasteiger partial charge in [0.15, 0.2) is 0 Å². The van der Waals surface area contributed by atoms with E-state index in [4.69, 9.17) is 9.84 Å². The Hall–Kier alpha value is -2.02. The van der Waals surface area contributed by atoms with Crippen LogP contribution in [0.15, 0.2) is 18.7 Å². The van der Waals surface area contributed by atoms with Crippen molar-refractivity contribution < 1.29 is 19.4 Å². The summed E-state index contributed by atoms with van der Waals surface area (Å²) in [5.74, 6) is -1.83. The first-order valence-corrected chi connectivity index (χ1v) is 6.91. The summed E-state index contributed by atoms with van der Waals surface area (Å²) in [6.45, 7) is 5.21. The fourth-order valence-corrected chi connectivity index (χ4v) is 1.78. The van der Waals surface area contributed by atoms with E-state index < -0.39 is 11.9 Å². The predicted molar refractivity (Wildman–Crippen MR) is 75.8 cm³/mol. The third kappa shape index (κ3) is 5.86. The third-order valence-corrected chi connectivity index (χ3v) is 2.93. The molecule has 1 N–H and O–H groups in total. The molecule has 1 aromatic heterocycles. The molecule has 7 nitrogen and oxygen atoms in total. The highest BCUT2D eigenvalue weighted by atomic mass is 16.5. The summed E-state index contributed by atoms with van der Waals surface area (Å²) in [7, 11) is 0. The zero-order valence-electron chi connectivity index (χ0n) is 12.4. The molecular weight excluding hydrogens is 274 g/mol. The highest BCUT2D eigenvalue weighted by Gasteiger charge is 2.21. The SMILES string of the molecule is CCOCCCN(CC(C)C(=O)O)C(=O)c1cncnc1. The van der Waals surface area contributed by atoms with Gasteiger partial charge in [-0.2, -0.15) is 0 Å². The lowest BCUT2D eigenvalue weighted by Gasteiger charge is -2.24. The van der Waals surface area contributed by atoms with Gasteiger partial charge in [-0.05, 0) is 13.3 Å². The minimum Gasteiger partial charge on any atom is -0.481 e. The van der Waals surface area contributed by atoms with Gasteiger partial charge in [-0.3, -0.25) is 9.59 Å². The van der Waals surface area contributed by atoms with Gasteiger partial charge in [0.1, 0.15) is 6.33 Å². The summed E-state index contributed by atoms with van der Waals surface area (Å²) in [6.07, 6.45) is 4.85. The van der Waals surface area contributed by atoms with Crippen LogP contribution >= 0.6 is 0 Å². The normalized spacial score (nSPS) is 11.9. The van der Waals surface area contributed by atoms with E-state index in [9.17, 15) is 9.59 Å². The van der Waals surface area contributed by atoms with Crippen molar-refractivity contribution in [3.05, 3.63) is 24.3 Å². The largest absolute Gasteiger partial charge is 0.481 e. The molecule has 1 aromatic rings. The topological polar surface area (TPSA) is 92.6 Å². The van der Waals surface area contributed by atoms with Gasteiger partial charge in [-0.1, -0.05) is 6.92 Å². The van der Waals surface area contributed by atoms with Crippen molar-refractivity contribution in [2.75, 3.05) is 26.3 Å². The smallest absolute Gasteiger partial charge is 0.308 e. The van der Waals surface area contributed by atoms with Crippen molar-refractivity contribution in [3.8, 4) is 0 Å². The number of nitrogens with zero attached hydrogens (tertiary/aromatic N) is 3. The van der Waals surface area contributed by atoms with Crippen LogP contribution in [-0.4, -0.2) is 58.2 Å². The maximum atomic E-state index is 12.4. The first-order valence-electron chi connectivity index (χ1n) is 6.91. The summed E-state index contributed by atoms with van der Waals surface area (Å²) < 4.78 is 5.24. The first-order chi connectivity index (χ1) is 10.1. The maximum absolute atomic E-state index is 12.4. The van der Waals surface area contributed by atoms with Crippen molar-refractivity contribution in [3.63, 3.8) is 0 Å². The summed E-state index contributed by atoms with van der Waals surface area (Å²) in [6, 6.07) is 0. The minimum atomic E-state index is -0.929. The molecule has 0 saturated carbocycles. The monoisotopic (exact) mass is 295 g/mol. The van der Waals surface area contributed by atoms with Crippen LogP contribution in [0.4, 0.5) is 0 Å². The molecule has 21 heavy (non-hydrogen) atoms. The molecule has 0 saturated heterocycles. The molecule has 0 bridgehead atoms. The summed E-state index contributed by atoms with van der Waals surface area (Å²) >= 11 is 0. The number of carbonyl (C=O) groups is 2. The Labute approximate surface area is 124 Å². The van der Waals surface area contributed by atoms with E-state index in [1.165, 1.54) is 23.6 Å². The molecule has 0 aliphatic heterocycles. The van der Waals surface area contributed by atoms with Gasteiger partial charge < -0.3 is 14.7 Å². The van der Waals surface area contributed by atoms with E-state index in [1.54, 1.807) is 6.92 Å². The first kappa shape index (κ1) is 17.0. The van der Waals surface area contributed by atoms with Crippen LogP contribution in [0.2, 0.25) is 0 Å². The number of rotatable bonds is 9. The van der Waals surface area contributed by atoms with Crippen molar-refractivity contribution in [1.29, 1.82) is 0 Å². The lowest BCUT2D eigenvalue weighted by Crippen LogP contribution is -2.38. The van der Waals surface area contributed by atoms with E-state index in [0.717, 1.165) is 0 Å². The molecule has 1 atom stereocenters. The summed E-state index contributed by atoms with van der Waals surface area (Å²) in [5, 5.41) is 9.01. The fourth-order valence-electron chi connectivity index (χ4n) is 1.78. The Morgan fingerprint density at radius 3 is 2.62 bits per heavy atom. The van der Waals surface area contributed by atoms with Crippen LogP contribution in [0.5, 0.6) is 0 Å². The Kier molecular flexibility index (Phi) is 7.31. The lowest BCUT2D eigenvalue weighted by atomic mass is 10.1. The number of aromatic nitrogens is 2. The number of carboxylic acids is 1. The molecule has 1 unspecified atom stereocenters. The predicted octanol–water partition coefficient (Wildman–Crippen LogP) is 1.07. The third-order valence-electron chi connectivity index (χ3n) is 2.93. The second-order valence-corrected chi connectivity index (χ2v) is 4.67. The van der Waals surface area contributed by atoms with Gasteiger partial charge >= 0.3 is 5.97 Å². The van der Waals surface area contributed by atoms with Gasteiger partial charge in [0, 0.05) is 38.7 Å². The molecule has 7 heteroatoms. The summed E-state index contributed by atoms with van der Waals surface area (Å²) in [4.78, 5) is 32.5. The van der Waals surface area contributed by atoms with E-state index in [-0.39, 0.29) is 12.5 Å². The molecular formula is C14H21N3O4. The van der Waals surface area contributed by atoms with Crippen molar-refractivity contribution in [2.24, 2.45) is 5.92 Å². The number of aliphatic carboxylic acids is 1. The molecule has 0 aliphatic rings. The minimum absolute atomic E-state index is 0.148. The van der Waals surface area contributed by atoms with E-state index >= 15 is 0 Å². The van der Waals surface area contributed by atoms with Crippen LogP contribution in [0.1, 0.15) is 30.6 Å². The lowest BCUT2D eigenvalue weighted by molar-refractivity contribution is -0.141. The van der Waals surface area contributed by atoms with Gasteiger partial charge in [-0.15, -0.1) is 0 Å². The van der Waals surface area contributed by atoms with Gasteiger partial charge in [0.25, 0.3) is 5.91 Å². The maximum Gasteiger partial charge on any atom is 0.308 e. The number of hydrogen-bond donors (Lipinski definition) is 1. The number of hydrogen-bond acceptors (Lipinski definition) is 5. The molecule has 0 aromatic carbocycles. The van der Waals surface area contributed by atoms with Crippen molar-refractivity contribution in [1.82, 2.24) is 14.9 Å². The average molecular weight is 295 g/mol. The van der Waals surface area contributed by atoms with Gasteiger partial charge in [0.05, 0.1) is 11.5 Å². The second kappa shape index (κ2) is 9.02. The number of carboxylic acid groups (broad SMARTS) is 1. The number of carbonyl (C=O) groups excluding carboxylic acids is 1. The molecule has 0 aliphatic carbocycles. The van der Waals surface area contributed by atoms with E-state index in [1.807, 2.05) is 6.92 Å². The van der Waals surface area contributed by atoms with Crippen LogP contribution in [0, 0.1) is 5.92 Å². The number of ether oxygens (including phenoxy) is 1. The molecule has 116 valence electrons. The second-order valence-electron chi connectivity index (χ2n) is 4.67. The fraction of sp³-hybridized carbons (Fsp3) is 0.571. The molecule has 1 heterocycles. The van der Waals surface area contributed by atoms with Crippen LogP contribution in [0.3, 0.4) is 0 Å². The Morgan fingerprint density at radius 1 is 1.38 bits per heavy atom. The quantitative estimate of drug-likeness (QED) is 0.685. The van der Waals surface area contributed by atoms with E-state index in [2.05, 4.69) is 9.97 Å². The number of amides is 1. The molecule has 1 amide bonds. The standard InChI is InChI=1S/C14H21N3O4/c1-3-21-6-4-5-17(9-11(2)14(19)20)13(18)12-7-15-10-16-8-12/h7-8,10-11H,3-6,9H2,1-2H3,(H,19,20). The Bertz CT molecular complexity index is 453. The highest BCUT2D eigenvalue weighted by molar-refractivity contribution is 5.93. The van der Waals surface area contributed by atoms with Crippen molar-refractivity contribution in [2.45, 2.75) is 20.3 Å². The van der Waals surface area contributed by atoms with Gasteiger partial charge in [0.2, 0.25) is 0 Å². The molecule has 0 radical (unpaired) electrons. The van der Waals surface area contributed by atoms with Crippen LogP contribution in [0.25, 0.3) is 0 Å². The zero-order valence-corrected chi connectivity index (χ0v) is 12.4. The summed E-state index contributed by atoms with van der Waals surface area (Å²) in [5.41, 5.74) is 0.353. The molecule has 1 rings (SSSR count). The van der Waals surface area contributed by atoms with Gasteiger partial charge in [-0.25, -0.2) is 9.97 Å². The van der Waals surface area contributed by atoms with E-state index in [0.29, 0.717) is 31.7 Å². The Balaban J connectivity index is 2.70. The molecule has 0 spiro atoms. The van der Waals surface area contributed by atoms with Crippen LogP contribution < -0.4 is 0 Å².